The van der Waals surface area contributed by atoms with Gasteiger partial charge in [-0.05, 0) is 5.56 Å². The lowest BCUT2D eigenvalue weighted by molar-refractivity contribution is -0.128. The van der Waals surface area contributed by atoms with E-state index in [4.69, 9.17) is 0 Å². The van der Waals surface area contributed by atoms with Crippen LogP contribution in [0.3, 0.4) is 0 Å². The number of nitrogens with one attached hydrogen (secondary N) is 1. The third kappa shape index (κ3) is 3.77. The number of likely N-dealkylation sites (tertiary alicyclic amines) is 1. The average molecular weight is 312 g/mol. The predicted octanol–water partition coefficient (Wildman–Crippen LogP) is 1.20. The van der Waals surface area contributed by atoms with E-state index in [0.29, 0.717) is 31.7 Å². The number of aromatic nitrogens is 2. The fourth-order valence-corrected chi connectivity index (χ4v) is 2.81. The van der Waals surface area contributed by atoms with E-state index < -0.39 is 0 Å². The Morgan fingerprint density at radius 2 is 2.13 bits per heavy atom. The van der Waals surface area contributed by atoms with Crippen molar-refractivity contribution in [3.8, 4) is 0 Å². The molecule has 1 saturated heterocycles. The summed E-state index contributed by atoms with van der Waals surface area (Å²) in [7, 11) is 1.82. The molecule has 0 bridgehead atoms. The monoisotopic (exact) mass is 312 g/mol. The number of nitrogens with zero attached hydrogens (tertiary/aromatic N) is 3. The number of amides is 2. The van der Waals surface area contributed by atoms with E-state index in [2.05, 4.69) is 10.3 Å². The molecule has 120 valence electrons. The van der Waals surface area contributed by atoms with Gasteiger partial charge in [-0.2, -0.15) is 0 Å². The molecule has 6 nitrogen and oxygen atoms in total. The highest BCUT2D eigenvalue weighted by molar-refractivity contribution is 5.92. The Hall–Kier alpha value is -2.63. The smallest absolute Gasteiger partial charge is 0.271 e. The van der Waals surface area contributed by atoms with Crippen LogP contribution in [0.15, 0.2) is 42.9 Å². The van der Waals surface area contributed by atoms with Crippen LogP contribution in [-0.4, -0.2) is 39.4 Å². The normalized spacial score (nSPS) is 17.5. The summed E-state index contributed by atoms with van der Waals surface area (Å²) in [6, 6.07) is 9.94. The molecule has 1 aliphatic rings. The van der Waals surface area contributed by atoms with Gasteiger partial charge in [-0.3, -0.25) is 9.59 Å². The molecule has 2 amide bonds. The van der Waals surface area contributed by atoms with Crippen molar-refractivity contribution in [3.05, 3.63) is 54.1 Å². The molecule has 1 N–H and O–H groups in total. The fraction of sp³-hybridized carbons (Fsp3) is 0.353. The molecule has 1 aromatic carbocycles. The molecule has 1 fully saturated rings. The molecule has 2 heterocycles. The maximum absolute atomic E-state index is 12.1. The molecule has 6 heteroatoms. The molecule has 0 radical (unpaired) electrons. The Labute approximate surface area is 135 Å². The van der Waals surface area contributed by atoms with Crippen molar-refractivity contribution in [1.82, 2.24) is 19.8 Å². The van der Waals surface area contributed by atoms with Crippen LogP contribution in [0.1, 0.15) is 22.5 Å². The summed E-state index contributed by atoms with van der Waals surface area (Å²) < 4.78 is 1.73. The standard InChI is InChI=1S/C17H20N4O2/c1-20-11-15(19-12-20)17(23)18-8-14-7-16(22)21(10-14)9-13-5-3-2-4-6-13/h2-6,11-12,14H,7-10H2,1H3,(H,18,23). The van der Waals surface area contributed by atoms with Crippen LogP contribution >= 0.6 is 0 Å². The van der Waals surface area contributed by atoms with Crippen LogP contribution in [0.2, 0.25) is 0 Å². The lowest BCUT2D eigenvalue weighted by Crippen LogP contribution is -2.31. The van der Waals surface area contributed by atoms with Crippen molar-refractivity contribution in [3.63, 3.8) is 0 Å². The van der Waals surface area contributed by atoms with Crippen molar-refractivity contribution in [2.45, 2.75) is 13.0 Å². The molecule has 1 unspecified atom stereocenters. The van der Waals surface area contributed by atoms with E-state index in [1.165, 1.54) is 0 Å². The summed E-state index contributed by atoms with van der Waals surface area (Å²) in [5, 5.41) is 2.87. The highest BCUT2D eigenvalue weighted by Gasteiger charge is 2.29. The number of benzene rings is 1. The lowest BCUT2D eigenvalue weighted by atomic mass is 10.1. The van der Waals surface area contributed by atoms with Crippen LogP contribution in [-0.2, 0) is 18.4 Å². The minimum Gasteiger partial charge on any atom is -0.350 e. The largest absolute Gasteiger partial charge is 0.350 e. The van der Waals surface area contributed by atoms with E-state index in [0.717, 1.165) is 5.56 Å². The number of rotatable bonds is 5. The van der Waals surface area contributed by atoms with Crippen LogP contribution in [0.5, 0.6) is 0 Å². The van der Waals surface area contributed by atoms with Crippen LogP contribution in [0, 0.1) is 5.92 Å². The van der Waals surface area contributed by atoms with E-state index in [9.17, 15) is 9.59 Å². The third-order valence-corrected chi connectivity index (χ3v) is 4.00. The molecular weight excluding hydrogens is 292 g/mol. The summed E-state index contributed by atoms with van der Waals surface area (Å²) >= 11 is 0. The van der Waals surface area contributed by atoms with Gasteiger partial charge in [0.25, 0.3) is 5.91 Å². The number of hydrogen-bond acceptors (Lipinski definition) is 3. The fourth-order valence-electron chi connectivity index (χ4n) is 2.81. The maximum atomic E-state index is 12.1. The number of carbonyl (C=O) groups is 2. The van der Waals surface area contributed by atoms with Gasteiger partial charge >= 0.3 is 0 Å². The number of aryl methyl sites for hydroxylation is 1. The van der Waals surface area contributed by atoms with E-state index in [-0.39, 0.29) is 17.7 Å². The van der Waals surface area contributed by atoms with Gasteiger partial charge in [0.1, 0.15) is 5.69 Å². The molecule has 3 rings (SSSR count). The van der Waals surface area contributed by atoms with Gasteiger partial charge in [-0.1, -0.05) is 30.3 Å². The van der Waals surface area contributed by atoms with Gasteiger partial charge < -0.3 is 14.8 Å². The van der Waals surface area contributed by atoms with Crippen molar-refractivity contribution < 1.29 is 9.59 Å². The van der Waals surface area contributed by atoms with Crippen molar-refractivity contribution in [1.29, 1.82) is 0 Å². The lowest BCUT2D eigenvalue weighted by Gasteiger charge is -2.16. The Bertz CT molecular complexity index is 696. The summed E-state index contributed by atoms with van der Waals surface area (Å²) in [5.74, 6) is 0.101. The first-order chi connectivity index (χ1) is 11.1. The number of carbonyl (C=O) groups excluding carboxylic acids is 2. The minimum atomic E-state index is -0.195. The van der Waals surface area contributed by atoms with Crippen molar-refractivity contribution >= 4 is 11.8 Å². The second-order valence-electron chi connectivity index (χ2n) is 5.96. The molecule has 23 heavy (non-hydrogen) atoms. The molecule has 0 spiro atoms. The van der Waals surface area contributed by atoms with Crippen molar-refractivity contribution in [2.24, 2.45) is 13.0 Å². The van der Waals surface area contributed by atoms with Gasteiger partial charge in [0.15, 0.2) is 0 Å². The topological polar surface area (TPSA) is 67.2 Å². The molecule has 0 saturated carbocycles. The first kappa shape index (κ1) is 15.3. The Balaban J connectivity index is 1.50. The SMILES string of the molecule is Cn1cnc(C(=O)NCC2CC(=O)N(Cc3ccccc3)C2)c1. The summed E-state index contributed by atoms with van der Waals surface area (Å²) in [6.07, 6.45) is 3.75. The zero-order valence-electron chi connectivity index (χ0n) is 13.1. The zero-order valence-corrected chi connectivity index (χ0v) is 13.1. The molecular formula is C17H20N4O2. The highest BCUT2D eigenvalue weighted by Crippen LogP contribution is 2.19. The van der Waals surface area contributed by atoms with Gasteiger partial charge in [0.2, 0.25) is 5.91 Å². The second kappa shape index (κ2) is 6.64. The van der Waals surface area contributed by atoms with E-state index in [1.807, 2.05) is 42.3 Å². The Morgan fingerprint density at radius 3 is 2.83 bits per heavy atom. The first-order valence-corrected chi connectivity index (χ1v) is 7.69. The van der Waals surface area contributed by atoms with Gasteiger partial charge in [-0.15, -0.1) is 0 Å². The van der Waals surface area contributed by atoms with E-state index >= 15 is 0 Å². The number of imidazole rings is 1. The molecule has 0 aliphatic carbocycles. The summed E-state index contributed by atoms with van der Waals surface area (Å²) in [4.78, 5) is 30.0. The highest BCUT2D eigenvalue weighted by atomic mass is 16.2. The summed E-state index contributed by atoms with van der Waals surface area (Å²) in [5.41, 5.74) is 1.52. The first-order valence-electron chi connectivity index (χ1n) is 7.69. The van der Waals surface area contributed by atoms with Crippen molar-refractivity contribution in [2.75, 3.05) is 13.1 Å². The summed E-state index contributed by atoms with van der Waals surface area (Å²) in [6.45, 7) is 1.80. The predicted molar refractivity (Wildman–Crippen MR) is 85.5 cm³/mol. The Morgan fingerprint density at radius 1 is 1.35 bits per heavy atom. The van der Waals surface area contributed by atoms with E-state index in [1.54, 1.807) is 17.1 Å². The minimum absolute atomic E-state index is 0.144. The third-order valence-electron chi connectivity index (χ3n) is 4.00. The van der Waals surface area contributed by atoms with Crippen LogP contribution in [0.4, 0.5) is 0 Å². The van der Waals surface area contributed by atoms with Gasteiger partial charge in [0, 0.05) is 45.2 Å². The molecule has 1 aliphatic heterocycles. The Kier molecular flexibility index (Phi) is 4.41. The maximum Gasteiger partial charge on any atom is 0.271 e. The van der Waals surface area contributed by atoms with Crippen LogP contribution < -0.4 is 5.32 Å². The van der Waals surface area contributed by atoms with Gasteiger partial charge in [-0.25, -0.2) is 4.98 Å². The van der Waals surface area contributed by atoms with Gasteiger partial charge in [0.05, 0.1) is 6.33 Å². The molecule has 1 atom stereocenters. The second-order valence-corrected chi connectivity index (χ2v) is 5.96. The average Bonchev–Trinajstić information content (AvgIpc) is 3.13. The number of hydrogen-bond donors (Lipinski definition) is 1. The quantitative estimate of drug-likeness (QED) is 0.902. The molecule has 1 aromatic heterocycles. The van der Waals surface area contributed by atoms with Crippen LogP contribution in [0.25, 0.3) is 0 Å². The zero-order chi connectivity index (χ0) is 16.2. The molecule has 2 aromatic rings.